The Morgan fingerprint density at radius 3 is 1.85 bits per heavy atom. The molecule has 0 aliphatic carbocycles. The molecule has 108 valence electrons. The second-order valence-electron chi connectivity index (χ2n) is 4.07. The summed E-state index contributed by atoms with van der Waals surface area (Å²) in [4.78, 5) is 12.0. The van der Waals surface area contributed by atoms with E-state index in [0.29, 0.717) is 6.61 Å². The van der Waals surface area contributed by atoms with E-state index in [9.17, 15) is 0 Å². The molecular formula is C13H17N3O4. The summed E-state index contributed by atoms with van der Waals surface area (Å²) in [5, 5.41) is 0. The zero-order valence-electron chi connectivity index (χ0n) is 11.3. The first-order chi connectivity index (χ1) is 9.72. The largest absolute Gasteiger partial charge is 0.460 e. The van der Waals surface area contributed by atoms with Crippen molar-refractivity contribution < 1.29 is 18.9 Å². The van der Waals surface area contributed by atoms with Gasteiger partial charge in [0.2, 0.25) is 0 Å². The van der Waals surface area contributed by atoms with E-state index in [0.717, 1.165) is 0 Å². The van der Waals surface area contributed by atoms with Crippen LogP contribution in [0.1, 0.15) is 6.92 Å². The number of aromatic nitrogens is 3. The predicted molar refractivity (Wildman–Crippen MR) is 71.0 cm³/mol. The summed E-state index contributed by atoms with van der Waals surface area (Å²) < 4.78 is 21.2. The molecule has 0 amide bonds. The van der Waals surface area contributed by atoms with Crippen LogP contribution in [0.5, 0.6) is 18.0 Å². The van der Waals surface area contributed by atoms with Crippen molar-refractivity contribution in [2.75, 3.05) is 19.8 Å². The third kappa shape index (κ3) is 4.20. The Morgan fingerprint density at radius 2 is 1.45 bits per heavy atom. The van der Waals surface area contributed by atoms with Crippen molar-refractivity contribution in [2.45, 2.75) is 19.1 Å². The molecule has 0 radical (unpaired) electrons. The average Bonchev–Trinajstić information content (AvgIpc) is 3.16. The van der Waals surface area contributed by atoms with Crippen molar-refractivity contribution >= 4 is 0 Å². The molecule has 1 aromatic heterocycles. The van der Waals surface area contributed by atoms with Gasteiger partial charge in [-0.15, -0.1) is 15.0 Å². The van der Waals surface area contributed by atoms with E-state index in [4.69, 9.17) is 18.9 Å². The van der Waals surface area contributed by atoms with Gasteiger partial charge in [-0.3, -0.25) is 0 Å². The standard InChI is InChI=1S/C13H17N3O4/c1-4-6-17-11-14-12(18-7-5-2)16-13(15-11)19-8-10-9(3)20-10/h4-5,9-10H,1-2,6-8H2,3H3. The van der Waals surface area contributed by atoms with E-state index in [-0.39, 0.29) is 43.5 Å². The van der Waals surface area contributed by atoms with Crippen molar-refractivity contribution in [3.05, 3.63) is 25.3 Å². The first-order valence-corrected chi connectivity index (χ1v) is 6.24. The monoisotopic (exact) mass is 279 g/mol. The van der Waals surface area contributed by atoms with Gasteiger partial charge in [-0.25, -0.2) is 0 Å². The van der Waals surface area contributed by atoms with Gasteiger partial charge in [0.1, 0.15) is 25.9 Å². The van der Waals surface area contributed by atoms with E-state index in [2.05, 4.69) is 28.1 Å². The lowest BCUT2D eigenvalue weighted by Gasteiger charge is -2.07. The number of ether oxygens (including phenoxy) is 4. The molecule has 1 saturated heterocycles. The topological polar surface area (TPSA) is 78.9 Å². The van der Waals surface area contributed by atoms with Gasteiger partial charge >= 0.3 is 18.0 Å². The van der Waals surface area contributed by atoms with Crippen LogP contribution in [0.2, 0.25) is 0 Å². The molecule has 0 spiro atoms. The summed E-state index contributed by atoms with van der Waals surface area (Å²) in [5.74, 6) is 0. The van der Waals surface area contributed by atoms with Crippen LogP contribution in [0.25, 0.3) is 0 Å². The molecule has 1 aliphatic heterocycles. The van der Waals surface area contributed by atoms with Crippen LogP contribution >= 0.6 is 0 Å². The Hall–Kier alpha value is -2.15. The summed E-state index contributed by atoms with van der Waals surface area (Å²) in [6, 6.07) is 0.387. The van der Waals surface area contributed by atoms with Crippen molar-refractivity contribution in [3.8, 4) is 18.0 Å². The maximum absolute atomic E-state index is 5.44. The fraction of sp³-hybridized carbons (Fsp3) is 0.462. The smallest absolute Gasteiger partial charge is 0.326 e. The van der Waals surface area contributed by atoms with Crippen molar-refractivity contribution in [3.63, 3.8) is 0 Å². The lowest BCUT2D eigenvalue weighted by atomic mass is 10.4. The van der Waals surface area contributed by atoms with E-state index < -0.39 is 0 Å². The van der Waals surface area contributed by atoms with Gasteiger partial charge in [0.25, 0.3) is 0 Å². The van der Waals surface area contributed by atoms with Crippen LogP contribution in [0.4, 0.5) is 0 Å². The van der Waals surface area contributed by atoms with Gasteiger partial charge in [0.15, 0.2) is 0 Å². The first-order valence-electron chi connectivity index (χ1n) is 6.24. The maximum atomic E-state index is 5.44. The molecule has 2 atom stereocenters. The molecule has 20 heavy (non-hydrogen) atoms. The summed E-state index contributed by atoms with van der Waals surface area (Å²) in [7, 11) is 0. The van der Waals surface area contributed by atoms with Crippen molar-refractivity contribution in [1.82, 2.24) is 15.0 Å². The molecule has 0 aromatic carbocycles. The summed E-state index contributed by atoms with van der Waals surface area (Å²) in [6.07, 6.45) is 3.48. The molecule has 2 heterocycles. The van der Waals surface area contributed by atoms with Crippen molar-refractivity contribution in [2.24, 2.45) is 0 Å². The van der Waals surface area contributed by atoms with Gasteiger partial charge in [0, 0.05) is 0 Å². The van der Waals surface area contributed by atoms with E-state index in [1.807, 2.05) is 6.92 Å². The molecule has 1 fully saturated rings. The molecule has 7 nitrogen and oxygen atoms in total. The predicted octanol–water partition coefficient (Wildman–Crippen LogP) is 1.17. The zero-order valence-corrected chi connectivity index (χ0v) is 11.3. The first kappa shape index (κ1) is 14.3. The normalized spacial score (nSPS) is 20.1. The van der Waals surface area contributed by atoms with Gasteiger partial charge in [0.05, 0.1) is 6.10 Å². The highest BCUT2D eigenvalue weighted by molar-refractivity contribution is 5.09. The number of hydrogen-bond acceptors (Lipinski definition) is 7. The number of epoxide rings is 1. The van der Waals surface area contributed by atoms with E-state index in [1.165, 1.54) is 0 Å². The van der Waals surface area contributed by atoms with Crippen LogP contribution in [-0.2, 0) is 4.74 Å². The molecule has 1 aromatic rings. The van der Waals surface area contributed by atoms with E-state index in [1.54, 1.807) is 12.2 Å². The highest BCUT2D eigenvalue weighted by atomic mass is 16.6. The summed E-state index contributed by atoms with van der Waals surface area (Å²) in [5.41, 5.74) is 0. The molecule has 7 heteroatoms. The fourth-order valence-electron chi connectivity index (χ4n) is 1.34. The lowest BCUT2D eigenvalue weighted by molar-refractivity contribution is 0.228. The minimum Gasteiger partial charge on any atom is -0.460 e. The number of hydrogen-bond donors (Lipinski definition) is 0. The highest BCUT2D eigenvalue weighted by Gasteiger charge is 2.35. The van der Waals surface area contributed by atoms with Gasteiger partial charge in [-0.2, -0.15) is 0 Å². The van der Waals surface area contributed by atoms with Crippen LogP contribution < -0.4 is 14.2 Å². The zero-order chi connectivity index (χ0) is 14.4. The van der Waals surface area contributed by atoms with Crippen LogP contribution in [0.3, 0.4) is 0 Å². The van der Waals surface area contributed by atoms with E-state index >= 15 is 0 Å². The Balaban J connectivity index is 2.02. The van der Waals surface area contributed by atoms with Gasteiger partial charge in [-0.1, -0.05) is 25.3 Å². The number of rotatable bonds is 9. The van der Waals surface area contributed by atoms with Crippen LogP contribution in [0, 0.1) is 0 Å². The second kappa shape index (κ2) is 6.85. The highest BCUT2D eigenvalue weighted by Crippen LogP contribution is 2.22. The Kier molecular flexibility index (Phi) is 4.89. The third-order valence-electron chi connectivity index (χ3n) is 2.45. The third-order valence-corrected chi connectivity index (χ3v) is 2.45. The Morgan fingerprint density at radius 1 is 1.00 bits per heavy atom. The summed E-state index contributed by atoms with van der Waals surface area (Å²) in [6.45, 7) is 10.0. The SMILES string of the molecule is C=CCOc1nc(OCC=C)nc(OCC2OC2C)n1. The van der Waals surface area contributed by atoms with Gasteiger partial charge < -0.3 is 18.9 Å². The molecular weight excluding hydrogens is 262 g/mol. The fourth-order valence-corrected chi connectivity index (χ4v) is 1.34. The molecule has 2 rings (SSSR count). The Bertz CT molecular complexity index is 450. The van der Waals surface area contributed by atoms with Crippen LogP contribution in [-0.4, -0.2) is 47.0 Å². The van der Waals surface area contributed by atoms with Gasteiger partial charge in [-0.05, 0) is 6.92 Å². The molecule has 0 saturated carbocycles. The second-order valence-corrected chi connectivity index (χ2v) is 4.07. The molecule has 0 N–H and O–H groups in total. The number of nitrogens with zero attached hydrogens (tertiary/aromatic N) is 3. The lowest BCUT2D eigenvalue weighted by Crippen LogP contribution is -2.11. The maximum Gasteiger partial charge on any atom is 0.326 e. The quantitative estimate of drug-likeness (QED) is 0.496. The Labute approximate surface area is 117 Å². The van der Waals surface area contributed by atoms with Crippen molar-refractivity contribution in [1.29, 1.82) is 0 Å². The molecule has 0 bridgehead atoms. The molecule has 2 unspecified atom stereocenters. The molecule has 1 aliphatic rings. The average molecular weight is 279 g/mol. The van der Waals surface area contributed by atoms with Crippen LogP contribution in [0.15, 0.2) is 25.3 Å². The minimum atomic E-state index is 0.0850. The summed E-state index contributed by atoms with van der Waals surface area (Å²) >= 11 is 0. The minimum absolute atomic E-state index is 0.0850.